The lowest BCUT2D eigenvalue weighted by molar-refractivity contribution is -0.135. The quantitative estimate of drug-likeness (QED) is 0.558. The number of aromatic nitrogens is 1. The molecule has 166 valence electrons. The van der Waals surface area contributed by atoms with Crippen molar-refractivity contribution in [2.75, 3.05) is 6.61 Å². The minimum absolute atomic E-state index is 0.202. The molecule has 0 N–H and O–H groups in total. The van der Waals surface area contributed by atoms with Gasteiger partial charge in [-0.2, -0.15) is 0 Å². The largest absolute Gasteiger partial charge is 0.463 e. The average Bonchev–Trinajstić information content (AvgIpc) is 3.14. The lowest BCUT2D eigenvalue weighted by Crippen LogP contribution is -2.39. The maximum atomic E-state index is 13.4. The van der Waals surface area contributed by atoms with E-state index >= 15 is 0 Å². The van der Waals surface area contributed by atoms with Gasteiger partial charge in [-0.15, -0.1) is 0 Å². The molecule has 0 bridgehead atoms. The smallest absolute Gasteiger partial charge is 0.332 e. The number of allylic oxidation sites excluding steroid dienone is 2. The van der Waals surface area contributed by atoms with E-state index in [0.29, 0.717) is 9.33 Å². The van der Waals surface area contributed by atoms with Crippen molar-refractivity contribution in [3.8, 4) is 0 Å². The molecule has 2 aromatic carbocycles. The fourth-order valence-corrected chi connectivity index (χ4v) is 5.49. The summed E-state index contributed by atoms with van der Waals surface area (Å²) in [5.41, 5.74) is 5.30. The van der Waals surface area contributed by atoms with Crippen LogP contribution in [0, 0.1) is 0 Å². The van der Waals surface area contributed by atoms with Crippen LogP contribution in [-0.4, -0.2) is 17.1 Å². The van der Waals surface area contributed by atoms with Crippen molar-refractivity contribution < 1.29 is 9.53 Å². The van der Waals surface area contributed by atoms with Gasteiger partial charge in [-0.3, -0.25) is 9.36 Å². The van der Waals surface area contributed by atoms with Crippen molar-refractivity contribution in [3.63, 3.8) is 0 Å². The Hall–Kier alpha value is -3.51. The topological polar surface area (TPSA) is 60.7 Å². The molecule has 0 fully saturated rings. The number of fused-ring (bicyclic) bond motifs is 1. The molecule has 5 nitrogen and oxygen atoms in total. The first-order valence-corrected chi connectivity index (χ1v) is 12.0. The van der Waals surface area contributed by atoms with Crippen LogP contribution >= 0.6 is 11.3 Å². The van der Waals surface area contributed by atoms with E-state index in [0.717, 1.165) is 41.7 Å². The number of ether oxygens (including phenoxy) is 1. The van der Waals surface area contributed by atoms with E-state index in [4.69, 9.17) is 9.73 Å². The summed E-state index contributed by atoms with van der Waals surface area (Å²) in [4.78, 5) is 31.1. The maximum absolute atomic E-state index is 13.4. The zero-order valence-electron chi connectivity index (χ0n) is 18.4. The number of rotatable bonds is 4. The number of thiazole rings is 1. The lowest BCUT2D eigenvalue weighted by Gasteiger charge is -2.31. The van der Waals surface area contributed by atoms with Crippen LogP contribution in [0.15, 0.2) is 87.3 Å². The molecule has 1 aliphatic heterocycles. The van der Waals surface area contributed by atoms with Crippen molar-refractivity contribution in [2.45, 2.75) is 32.2 Å². The minimum atomic E-state index is -0.507. The Kier molecular flexibility index (Phi) is 5.92. The van der Waals surface area contributed by atoms with Crippen LogP contribution < -0.4 is 14.9 Å². The van der Waals surface area contributed by atoms with E-state index in [1.807, 2.05) is 36.4 Å². The first kappa shape index (κ1) is 21.3. The first-order chi connectivity index (χ1) is 16.2. The number of benzene rings is 2. The monoisotopic (exact) mass is 456 g/mol. The summed E-state index contributed by atoms with van der Waals surface area (Å²) in [7, 11) is 0. The van der Waals surface area contributed by atoms with Gasteiger partial charge in [-0.1, -0.05) is 72.0 Å². The molecule has 0 radical (unpaired) electrons. The molecular formula is C27H24N2O3S. The fourth-order valence-electron chi connectivity index (χ4n) is 4.53. The molecule has 0 spiro atoms. The van der Waals surface area contributed by atoms with Gasteiger partial charge < -0.3 is 4.74 Å². The Labute approximate surface area is 195 Å². The van der Waals surface area contributed by atoms with Crippen LogP contribution in [0.1, 0.15) is 43.4 Å². The van der Waals surface area contributed by atoms with Crippen LogP contribution in [0.2, 0.25) is 0 Å². The number of hydrogen-bond acceptors (Lipinski definition) is 5. The SMILES string of the molecule is CCOC(=O)/C=c1\sc2n(c1=O)[C@@H](c1ccccc1)C1=C(N=2)/C(=C/c2ccccc2)CCC1. The van der Waals surface area contributed by atoms with Gasteiger partial charge in [0.25, 0.3) is 5.56 Å². The van der Waals surface area contributed by atoms with E-state index in [9.17, 15) is 9.59 Å². The summed E-state index contributed by atoms with van der Waals surface area (Å²) in [6.45, 7) is 2.01. The van der Waals surface area contributed by atoms with Gasteiger partial charge in [0.1, 0.15) is 4.53 Å². The van der Waals surface area contributed by atoms with E-state index in [1.165, 1.54) is 23.0 Å². The average molecular weight is 457 g/mol. The van der Waals surface area contributed by atoms with E-state index in [-0.39, 0.29) is 18.2 Å². The van der Waals surface area contributed by atoms with Gasteiger partial charge in [0.05, 0.1) is 18.3 Å². The number of carbonyl (C=O) groups excluding carboxylic acids is 1. The van der Waals surface area contributed by atoms with Gasteiger partial charge in [-0.25, -0.2) is 9.79 Å². The molecule has 0 unspecified atom stereocenters. The van der Waals surface area contributed by atoms with Crippen LogP contribution in [0.4, 0.5) is 0 Å². The molecular weight excluding hydrogens is 432 g/mol. The Balaban J connectivity index is 1.74. The third-order valence-electron chi connectivity index (χ3n) is 5.92. The van der Waals surface area contributed by atoms with Crippen LogP contribution in [-0.2, 0) is 9.53 Å². The number of nitrogens with zero attached hydrogens (tertiary/aromatic N) is 2. The van der Waals surface area contributed by atoms with E-state index in [2.05, 4.69) is 30.3 Å². The molecule has 33 heavy (non-hydrogen) atoms. The zero-order chi connectivity index (χ0) is 22.8. The highest BCUT2D eigenvalue weighted by Gasteiger charge is 2.32. The molecule has 1 aliphatic carbocycles. The van der Waals surface area contributed by atoms with Crippen LogP contribution in [0.3, 0.4) is 0 Å². The second-order valence-corrected chi connectivity index (χ2v) is 9.06. The molecule has 3 aromatic rings. The predicted molar refractivity (Wildman–Crippen MR) is 130 cm³/mol. The summed E-state index contributed by atoms with van der Waals surface area (Å²) in [5.74, 6) is -0.507. The molecule has 5 rings (SSSR count). The van der Waals surface area contributed by atoms with Gasteiger partial charge in [0.15, 0.2) is 4.80 Å². The minimum Gasteiger partial charge on any atom is -0.463 e. The molecule has 1 aromatic heterocycles. The third-order valence-corrected chi connectivity index (χ3v) is 6.91. The zero-order valence-corrected chi connectivity index (χ0v) is 19.2. The molecule has 2 heterocycles. The summed E-state index contributed by atoms with van der Waals surface area (Å²) in [6, 6.07) is 20.1. The second kappa shape index (κ2) is 9.16. The van der Waals surface area contributed by atoms with Crippen molar-refractivity contribution in [3.05, 3.63) is 108 Å². The van der Waals surface area contributed by atoms with Crippen molar-refractivity contribution >= 4 is 29.5 Å². The number of hydrogen-bond donors (Lipinski definition) is 0. The second-order valence-electron chi connectivity index (χ2n) is 8.05. The predicted octanol–water partition coefficient (Wildman–Crippen LogP) is 4.00. The standard InChI is InChI=1S/C27H24N2O3S/c1-2-32-23(30)17-22-26(31)29-25(19-12-7-4-8-13-19)21-15-9-14-20(24(21)28-27(29)33-22)16-18-10-5-3-6-11-18/h3-8,10-13,16-17,25H,2,9,14-15H2,1H3/b20-16+,22-17-/t25-/m0/s1. The van der Waals surface area contributed by atoms with Gasteiger partial charge in [0, 0.05) is 6.08 Å². The summed E-state index contributed by atoms with van der Waals surface area (Å²) >= 11 is 1.24. The summed E-state index contributed by atoms with van der Waals surface area (Å²) in [6.07, 6.45) is 6.32. The van der Waals surface area contributed by atoms with E-state index < -0.39 is 5.97 Å². The molecule has 1 atom stereocenters. The first-order valence-electron chi connectivity index (χ1n) is 11.2. The van der Waals surface area contributed by atoms with Gasteiger partial charge in [0.2, 0.25) is 0 Å². The third kappa shape index (κ3) is 4.14. The number of carbonyl (C=O) groups is 1. The lowest BCUT2D eigenvalue weighted by atomic mass is 9.84. The molecule has 6 heteroatoms. The summed E-state index contributed by atoms with van der Waals surface area (Å²) < 4.78 is 7.13. The fraction of sp³-hybridized carbons (Fsp3) is 0.222. The Morgan fingerprint density at radius 3 is 2.58 bits per heavy atom. The van der Waals surface area contributed by atoms with Gasteiger partial charge >= 0.3 is 5.97 Å². The van der Waals surface area contributed by atoms with Crippen molar-refractivity contribution in [2.24, 2.45) is 4.99 Å². The molecule has 0 amide bonds. The maximum Gasteiger partial charge on any atom is 0.332 e. The molecule has 0 saturated heterocycles. The normalized spacial score (nSPS) is 19.1. The van der Waals surface area contributed by atoms with Crippen molar-refractivity contribution in [1.29, 1.82) is 0 Å². The Morgan fingerprint density at radius 1 is 1.12 bits per heavy atom. The highest BCUT2D eigenvalue weighted by atomic mass is 32.1. The van der Waals surface area contributed by atoms with Crippen molar-refractivity contribution in [1.82, 2.24) is 4.57 Å². The molecule has 0 saturated carbocycles. The Morgan fingerprint density at radius 2 is 1.85 bits per heavy atom. The highest BCUT2D eigenvalue weighted by molar-refractivity contribution is 7.07. The van der Waals surface area contributed by atoms with Gasteiger partial charge in [-0.05, 0) is 54.5 Å². The highest BCUT2D eigenvalue weighted by Crippen LogP contribution is 2.40. The molecule has 2 aliphatic rings. The summed E-state index contributed by atoms with van der Waals surface area (Å²) in [5, 5.41) is 0. The van der Waals surface area contributed by atoms with Crippen LogP contribution in [0.25, 0.3) is 12.2 Å². The Bertz CT molecular complexity index is 1430. The van der Waals surface area contributed by atoms with E-state index in [1.54, 1.807) is 11.5 Å². The number of esters is 1. The van der Waals surface area contributed by atoms with Crippen LogP contribution in [0.5, 0.6) is 0 Å².